The maximum Gasteiger partial charge on any atom is 0.472 e. The van der Waals surface area contributed by atoms with Gasteiger partial charge in [0.05, 0.1) is 27.7 Å². The van der Waals surface area contributed by atoms with Crippen molar-refractivity contribution >= 4 is 19.8 Å². The zero-order valence-corrected chi connectivity index (χ0v) is 59.7. The number of allylic oxidation sites excluding steroid dienone is 22. The quantitative estimate of drug-likeness (QED) is 0.0211. The third-order valence-corrected chi connectivity index (χ3v) is 16.7. The number of hydrogen-bond donors (Lipinski definition) is 1. The van der Waals surface area contributed by atoms with Gasteiger partial charge in [0.15, 0.2) is 6.10 Å². The Morgan fingerprint density at radius 3 is 0.889 bits per heavy atom. The van der Waals surface area contributed by atoms with Crippen LogP contribution in [0.2, 0.25) is 0 Å². The van der Waals surface area contributed by atoms with E-state index in [9.17, 15) is 19.0 Å². The Morgan fingerprint density at radius 2 is 0.600 bits per heavy atom. The third-order valence-electron chi connectivity index (χ3n) is 15.7. The summed E-state index contributed by atoms with van der Waals surface area (Å²) >= 11 is 0. The number of rotatable bonds is 67. The summed E-state index contributed by atoms with van der Waals surface area (Å²) in [5.41, 5.74) is 0. The van der Waals surface area contributed by atoms with Gasteiger partial charge in [-0.15, -0.1) is 0 Å². The molecule has 0 aliphatic heterocycles. The van der Waals surface area contributed by atoms with Crippen molar-refractivity contribution < 1.29 is 42.1 Å². The van der Waals surface area contributed by atoms with Crippen LogP contribution in [0.15, 0.2) is 134 Å². The molecule has 9 nitrogen and oxygen atoms in total. The van der Waals surface area contributed by atoms with Gasteiger partial charge in [-0.05, 0) is 109 Å². The largest absolute Gasteiger partial charge is 0.472 e. The summed E-state index contributed by atoms with van der Waals surface area (Å²) in [6, 6.07) is 0. The number of carbonyl (C=O) groups is 2. The molecule has 0 bridgehead atoms. The molecule has 2 atom stereocenters. The molecule has 0 saturated carbocycles. The van der Waals surface area contributed by atoms with Gasteiger partial charge in [0.2, 0.25) is 0 Å². The van der Waals surface area contributed by atoms with Crippen molar-refractivity contribution in [3.8, 4) is 0 Å². The number of ether oxygens (including phenoxy) is 2. The van der Waals surface area contributed by atoms with Gasteiger partial charge in [-0.2, -0.15) is 0 Å². The van der Waals surface area contributed by atoms with E-state index in [1.807, 2.05) is 21.1 Å². The summed E-state index contributed by atoms with van der Waals surface area (Å²) in [6.07, 6.45) is 101. The van der Waals surface area contributed by atoms with Crippen molar-refractivity contribution in [2.75, 3.05) is 47.5 Å². The first kappa shape index (κ1) is 86.2. The van der Waals surface area contributed by atoms with Gasteiger partial charge in [0, 0.05) is 12.8 Å². The molecule has 0 radical (unpaired) electrons. The Balaban J connectivity index is 4.02. The molecule has 90 heavy (non-hydrogen) atoms. The first-order valence-corrected chi connectivity index (χ1v) is 38.4. The van der Waals surface area contributed by atoms with Gasteiger partial charge in [0.1, 0.15) is 19.8 Å². The van der Waals surface area contributed by atoms with Crippen LogP contribution in [-0.4, -0.2) is 74.9 Å². The van der Waals surface area contributed by atoms with Crippen molar-refractivity contribution in [2.24, 2.45) is 0 Å². The minimum Gasteiger partial charge on any atom is -0.462 e. The lowest BCUT2D eigenvalue weighted by molar-refractivity contribution is -0.870. The predicted octanol–water partition coefficient (Wildman–Crippen LogP) is 24.4. The fourth-order valence-electron chi connectivity index (χ4n) is 10.1. The van der Waals surface area contributed by atoms with Crippen molar-refractivity contribution in [1.29, 1.82) is 0 Å². The summed E-state index contributed by atoms with van der Waals surface area (Å²) in [6.45, 7) is 4.23. The van der Waals surface area contributed by atoms with E-state index in [0.717, 1.165) is 109 Å². The molecule has 516 valence electrons. The third kappa shape index (κ3) is 73.2. The Hall–Kier alpha value is -3.85. The SMILES string of the molecule is CC/C=C\C/C=C\C/C=C\C/C=C\C/C=C\C/C=C\CCCCCCCCCCCCCCC(=O)OC(COC(=O)CCCCCCCCCCCCCCCCCCCCC/C=C\C/C=C\C/C=C\C/C=C\C/C=C\CC)COP(=O)(O)OCC[N+](C)(C)C. The highest BCUT2D eigenvalue weighted by atomic mass is 31.2. The van der Waals surface area contributed by atoms with E-state index in [0.29, 0.717) is 17.4 Å². The minimum atomic E-state index is -4.40. The second-order valence-electron chi connectivity index (χ2n) is 25.6. The smallest absolute Gasteiger partial charge is 0.462 e. The molecule has 2 unspecified atom stereocenters. The molecule has 0 aromatic rings. The van der Waals surface area contributed by atoms with Gasteiger partial charge in [-0.3, -0.25) is 18.6 Å². The highest BCUT2D eigenvalue weighted by Gasteiger charge is 2.27. The summed E-state index contributed by atoms with van der Waals surface area (Å²) in [4.78, 5) is 35.9. The van der Waals surface area contributed by atoms with Crippen LogP contribution in [-0.2, 0) is 32.7 Å². The van der Waals surface area contributed by atoms with E-state index < -0.39 is 26.5 Å². The summed E-state index contributed by atoms with van der Waals surface area (Å²) in [5.74, 6) is -0.794. The monoisotopic (exact) mass is 1270 g/mol. The molecule has 1 N–H and O–H groups in total. The summed E-state index contributed by atoms with van der Waals surface area (Å²) < 4.78 is 34.8. The lowest BCUT2D eigenvalue weighted by Gasteiger charge is -2.24. The van der Waals surface area contributed by atoms with Crippen LogP contribution in [0.4, 0.5) is 0 Å². The molecule has 0 aliphatic rings. The topological polar surface area (TPSA) is 108 Å². The first-order valence-electron chi connectivity index (χ1n) is 36.9. The molecule has 0 aromatic heterocycles. The van der Waals surface area contributed by atoms with Crippen molar-refractivity contribution in [2.45, 2.75) is 315 Å². The van der Waals surface area contributed by atoms with E-state index in [-0.39, 0.29) is 32.0 Å². The number of nitrogens with zero attached hydrogens (tertiary/aromatic N) is 1. The zero-order chi connectivity index (χ0) is 65.5. The normalized spacial score (nSPS) is 13.9. The fraction of sp³-hybridized carbons (Fsp3) is 0.700. The molecule has 0 saturated heterocycles. The van der Waals surface area contributed by atoms with Crippen LogP contribution in [0.1, 0.15) is 309 Å². The summed E-state index contributed by atoms with van der Waals surface area (Å²) in [5, 5.41) is 0. The average molecular weight is 1270 g/mol. The number of likely N-dealkylation sites (N-methyl/N-ethyl adjacent to an activating group) is 1. The molecule has 10 heteroatoms. The van der Waals surface area contributed by atoms with E-state index >= 15 is 0 Å². The van der Waals surface area contributed by atoms with Gasteiger partial charge in [0.25, 0.3) is 0 Å². The Bertz CT molecular complexity index is 1980. The minimum absolute atomic E-state index is 0.0274. The molecule has 0 aromatic carbocycles. The van der Waals surface area contributed by atoms with Gasteiger partial charge in [-0.25, -0.2) is 4.57 Å². The maximum absolute atomic E-state index is 12.9. The highest BCUT2D eigenvalue weighted by molar-refractivity contribution is 7.47. The van der Waals surface area contributed by atoms with E-state index in [1.165, 1.54) is 167 Å². The van der Waals surface area contributed by atoms with Crippen LogP contribution in [0.3, 0.4) is 0 Å². The van der Waals surface area contributed by atoms with Crippen molar-refractivity contribution in [3.63, 3.8) is 0 Å². The number of phosphoric ester groups is 1. The number of quaternary nitrogens is 1. The summed E-state index contributed by atoms with van der Waals surface area (Å²) in [7, 11) is 1.47. The van der Waals surface area contributed by atoms with Crippen LogP contribution in [0.25, 0.3) is 0 Å². The Morgan fingerprint density at radius 1 is 0.344 bits per heavy atom. The van der Waals surface area contributed by atoms with Crippen LogP contribution in [0.5, 0.6) is 0 Å². The van der Waals surface area contributed by atoms with Crippen LogP contribution >= 0.6 is 7.82 Å². The Kier molecular flexibility index (Phi) is 66.5. The lowest BCUT2D eigenvalue weighted by Crippen LogP contribution is -2.37. The molecular weight excluding hydrogens is 1130 g/mol. The molecule has 0 spiro atoms. The molecule has 0 heterocycles. The number of esters is 2. The molecule has 0 amide bonds. The van der Waals surface area contributed by atoms with E-state index in [2.05, 4.69) is 148 Å². The standard InChI is InChI=1S/C80H138NO8P/c1-6-8-10-12-14-16-18-20-22-24-26-28-30-32-34-36-38-39-40-41-43-44-46-48-50-52-54-56-58-60-62-64-66-68-70-72-79(82)86-76-78(77-88-90(84,85)87-75-74-81(3,4)5)89-80(83)73-71-69-67-65-63-61-59-57-55-53-51-49-47-45-42-37-35-33-31-29-27-25-23-21-19-17-15-13-11-9-7-2/h8-11,14-17,20-23,26-29,32-35,42,45,78H,6-7,12-13,18-19,24-25,30-31,36-41,43-44,46-77H2,1-5H3/p+1/b10-8-,11-9-,16-14-,17-15-,22-20-,23-21-,28-26-,29-27-,34-32-,35-33-,45-42-. The second-order valence-corrected chi connectivity index (χ2v) is 27.0. The van der Waals surface area contributed by atoms with Gasteiger partial charge in [-0.1, -0.05) is 321 Å². The second kappa shape index (κ2) is 69.5. The van der Waals surface area contributed by atoms with Crippen LogP contribution in [0, 0.1) is 0 Å². The lowest BCUT2D eigenvalue weighted by atomic mass is 10.0. The maximum atomic E-state index is 12.9. The predicted molar refractivity (Wildman–Crippen MR) is 390 cm³/mol. The zero-order valence-electron chi connectivity index (χ0n) is 58.8. The average Bonchev–Trinajstić information content (AvgIpc) is 3.58. The van der Waals surface area contributed by atoms with Gasteiger partial charge >= 0.3 is 19.8 Å². The highest BCUT2D eigenvalue weighted by Crippen LogP contribution is 2.43. The molecule has 0 rings (SSSR count). The fourth-order valence-corrected chi connectivity index (χ4v) is 10.8. The molecular formula is C80H139NO8P+. The number of hydrogen-bond acceptors (Lipinski definition) is 7. The Labute approximate surface area is 555 Å². The molecule has 0 aliphatic carbocycles. The van der Waals surface area contributed by atoms with E-state index in [1.54, 1.807) is 0 Å². The molecule has 0 fully saturated rings. The first-order chi connectivity index (χ1) is 44.0. The van der Waals surface area contributed by atoms with Crippen molar-refractivity contribution in [1.82, 2.24) is 0 Å². The van der Waals surface area contributed by atoms with E-state index in [4.69, 9.17) is 18.5 Å². The number of unbranched alkanes of at least 4 members (excludes halogenated alkanes) is 31. The number of carbonyl (C=O) groups excluding carboxylic acids is 2. The van der Waals surface area contributed by atoms with Crippen LogP contribution < -0.4 is 0 Å². The van der Waals surface area contributed by atoms with Crippen molar-refractivity contribution in [3.05, 3.63) is 134 Å². The van der Waals surface area contributed by atoms with Gasteiger partial charge < -0.3 is 18.9 Å². The number of phosphoric acid groups is 1.